The molecule has 0 saturated carbocycles. The van der Waals surface area contributed by atoms with E-state index in [2.05, 4.69) is 10.5 Å². The standard InChI is InChI=1S/C19H18N2O4/c1-11-18(12(2)25-21-11)13-8-14(19(22)23)10-16(9-13)20-15-4-6-17(24-3)7-5-15/h4-10,20H,1-3H3,(H,22,23). The molecule has 0 saturated heterocycles. The van der Waals surface area contributed by atoms with Crippen LogP contribution in [0.5, 0.6) is 5.75 Å². The topological polar surface area (TPSA) is 84.6 Å². The molecule has 6 heteroatoms. The number of benzene rings is 2. The molecule has 0 bridgehead atoms. The predicted molar refractivity (Wildman–Crippen MR) is 94.6 cm³/mol. The maximum Gasteiger partial charge on any atom is 0.335 e. The quantitative estimate of drug-likeness (QED) is 0.717. The lowest BCUT2D eigenvalue weighted by Gasteiger charge is -2.11. The van der Waals surface area contributed by atoms with Gasteiger partial charge in [0.2, 0.25) is 0 Å². The SMILES string of the molecule is COc1ccc(Nc2cc(C(=O)O)cc(-c3c(C)noc3C)c2)cc1. The molecule has 0 atom stereocenters. The highest BCUT2D eigenvalue weighted by molar-refractivity contribution is 5.92. The van der Waals surface area contributed by atoms with Gasteiger partial charge in [0.25, 0.3) is 0 Å². The number of hydrogen-bond donors (Lipinski definition) is 2. The molecule has 3 rings (SSSR count). The van der Waals surface area contributed by atoms with E-state index >= 15 is 0 Å². The Balaban J connectivity index is 2.02. The van der Waals surface area contributed by atoms with Gasteiger partial charge in [0.1, 0.15) is 11.5 Å². The average Bonchev–Trinajstić information content (AvgIpc) is 2.94. The van der Waals surface area contributed by atoms with Crippen LogP contribution >= 0.6 is 0 Å². The highest BCUT2D eigenvalue weighted by Gasteiger charge is 2.15. The van der Waals surface area contributed by atoms with Gasteiger partial charge in [0.15, 0.2) is 0 Å². The van der Waals surface area contributed by atoms with Crippen LogP contribution in [0.3, 0.4) is 0 Å². The van der Waals surface area contributed by atoms with Crippen LogP contribution in [0, 0.1) is 13.8 Å². The first-order chi connectivity index (χ1) is 12.0. The number of aromatic carboxylic acids is 1. The highest BCUT2D eigenvalue weighted by Crippen LogP contribution is 2.31. The largest absolute Gasteiger partial charge is 0.497 e. The number of nitrogens with one attached hydrogen (secondary N) is 1. The van der Waals surface area contributed by atoms with E-state index in [0.29, 0.717) is 11.4 Å². The fourth-order valence-electron chi connectivity index (χ4n) is 2.70. The lowest BCUT2D eigenvalue weighted by molar-refractivity contribution is 0.0697. The fraction of sp³-hybridized carbons (Fsp3) is 0.158. The van der Waals surface area contributed by atoms with E-state index in [1.165, 1.54) is 0 Å². The lowest BCUT2D eigenvalue weighted by Crippen LogP contribution is -2.00. The Bertz CT molecular complexity index is 894. The summed E-state index contributed by atoms with van der Waals surface area (Å²) in [5, 5.41) is 16.6. The normalized spacial score (nSPS) is 10.5. The number of carboxylic acids is 1. The third-order valence-corrected chi connectivity index (χ3v) is 3.88. The summed E-state index contributed by atoms with van der Waals surface area (Å²) in [5.41, 5.74) is 3.95. The Labute approximate surface area is 145 Å². The van der Waals surface area contributed by atoms with Crippen molar-refractivity contribution in [3.05, 3.63) is 59.5 Å². The molecule has 0 fully saturated rings. The Morgan fingerprint density at radius 1 is 1.12 bits per heavy atom. The average molecular weight is 338 g/mol. The van der Waals surface area contributed by atoms with Gasteiger partial charge < -0.3 is 19.7 Å². The summed E-state index contributed by atoms with van der Waals surface area (Å²) in [6.45, 7) is 3.63. The Kier molecular flexibility index (Phi) is 4.43. The molecular formula is C19H18N2O4. The number of aryl methyl sites for hydroxylation is 2. The molecule has 1 aromatic heterocycles. The third kappa shape index (κ3) is 3.47. The molecule has 3 aromatic rings. The molecule has 0 unspecified atom stereocenters. The van der Waals surface area contributed by atoms with Gasteiger partial charge in [-0.3, -0.25) is 0 Å². The molecule has 0 aliphatic heterocycles. The predicted octanol–water partition coefficient (Wildman–Crippen LogP) is 4.41. The van der Waals surface area contributed by atoms with Gasteiger partial charge in [-0.25, -0.2) is 4.79 Å². The molecular weight excluding hydrogens is 320 g/mol. The van der Waals surface area contributed by atoms with Crippen molar-refractivity contribution in [2.45, 2.75) is 13.8 Å². The number of rotatable bonds is 5. The van der Waals surface area contributed by atoms with Crippen LogP contribution in [0.15, 0.2) is 47.0 Å². The zero-order valence-electron chi connectivity index (χ0n) is 14.2. The van der Waals surface area contributed by atoms with Crippen molar-refractivity contribution in [1.29, 1.82) is 0 Å². The minimum atomic E-state index is -0.994. The monoisotopic (exact) mass is 338 g/mol. The molecule has 0 aliphatic rings. The van der Waals surface area contributed by atoms with Crippen LogP contribution in [-0.2, 0) is 0 Å². The highest BCUT2D eigenvalue weighted by atomic mass is 16.5. The fourth-order valence-corrected chi connectivity index (χ4v) is 2.70. The molecule has 128 valence electrons. The smallest absolute Gasteiger partial charge is 0.335 e. The van der Waals surface area contributed by atoms with Crippen LogP contribution in [0.2, 0.25) is 0 Å². The maximum absolute atomic E-state index is 11.5. The van der Waals surface area contributed by atoms with Crippen LogP contribution in [0.4, 0.5) is 11.4 Å². The van der Waals surface area contributed by atoms with Gasteiger partial charge in [0, 0.05) is 16.9 Å². The molecule has 2 aromatic carbocycles. The van der Waals surface area contributed by atoms with Gasteiger partial charge in [-0.15, -0.1) is 0 Å². The molecule has 1 heterocycles. The molecule has 6 nitrogen and oxygen atoms in total. The number of hydrogen-bond acceptors (Lipinski definition) is 5. The second kappa shape index (κ2) is 6.68. The molecule has 25 heavy (non-hydrogen) atoms. The summed E-state index contributed by atoms with van der Waals surface area (Å²) in [7, 11) is 1.61. The number of methoxy groups -OCH3 is 1. The Hall–Kier alpha value is -3.28. The summed E-state index contributed by atoms with van der Waals surface area (Å²) in [4.78, 5) is 11.5. The number of aromatic nitrogens is 1. The Morgan fingerprint density at radius 3 is 2.40 bits per heavy atom. The molecule has 0 amide bonds. The van der Waals surface area contributed by atoms with E-state index in [4.69, 9.17) is 9.26 Å². The van der Waals surface area contributed by atoms with Gasteiger partial charge in [-0.1, -0.05) is 5.16 Å². The molecule has 0 radical (unpaired) electrons. The van der Waals surface area contributed by atoms with Crippen LogP contribution in [0.25, 0.3) is 11.1 Å². The van der Waals surface area contributed by atoms with Crippen molar-refractivity contribution in [2.24, 2.45) is 0 Å². The van der Waals surface area contributed by atoms with Crippen LogP contribution < -0.4 is 10.1 Å². The number of ether oxygens (including phenoxy) is 1. The van der Waals surface area contributed by atoms with E-state index in [-0.39, 0.29) is 5.56 Å². The molecule has 2 N–H and O–H groups in total. The van der Waals surface area contributed by atoms with Gasteiger partial charge in [0.05, 0.1) is 18.4 Å². The van der Waals surface area contributed by atoms with E-state index in [1.807, 2.05) is 37.3 Å². The first-order valence-electron chi connectivity index (χ1n) is 7.70. The first kappa shape index (κ1) is 16.6. The number of carboxylic acid groups (broad SMARTS) is 1. The van der Waals surface area contributed by atoms with E-state index in [9.17, 15) is 9.90 Å². The lowest BCUT2D eigenvalue weighted by atomic mass is 10.0. The van der Waals surface area contributed by atoms with Gasteiger partial charge in [-0.2, -0.15) is 0 Å². The van der Waals surface area contributed by atoms with Crippen molar-refractivity contribution in [2.75, 3.05) is 12.4 Å². The third-order valence-electron chi connectivity index (χ3n) is 3.88. The second-order valence-electron chi connectivity index (χ2n) is 5.66. The minimum Gasteiger partial charge on any atom is -0.497 e. The second-order valence-corrected chi connectivity index (χ2v) is 5.66. The minimum absolute atomic E-state index is 0.188. The number of nitrogens with zero attached hydrogens (tertiary/aromatic N) is 1. The first-order valence-corrected chi connectivity index (χ1v) is 7.70. The van der Waals surface area contributed by atoms with Crippen LogP contribution in [-0.4, -0.2) is 23.3 Å². The summed E-state index contributed by atoms with van der Waals surface area (Å²) in [5.74, 6) is 0.406. The van der Waals surface area contributed by atoms with Crippen molar-refractivity contribution in [3.63, 3.8) is 0 Å². The van der Waals surface area contributed by atoms with Crippen LogP contribution in [0.1, 0.15) is 21.8 Å². The summed E-state index contributed by atoms with van der Waals surface area (Å²) >= 11 is 0. The van der Waals surface area contributed by atoms with Crippen molar-refractivity contribution in [3.8, 4) is 16.9 Å². The molecule has 0 aliphatic carbocycles. The van der Waals surface area contributed by atoms with E-state index in [1.54, 1.807) is 26.2 Å². The van der Waals surface area contributed by atoms with Gasteiger partial charge >= 0.3 is 5.97 Å². The summed E-state index contributed by atoms with van der Waals surface area (Å²) in [6, 6.07) is 12.5. The van der Waals surface area contributed by atoms with Crippen molar-refractivity contribution < 1.29 is 19.2 Å². The number of carbonyl (C=O) groups is 1. The van der Waals surface area contributed by atoms with Crippen molar-refractivity contribution in [1.82, 2.24) is 5.16 Å². The maximum atomic E-state index is 11.5. The summed E-state index contributed by atoms with van der Waals surface area (Å²) in [6.07, 6.45) is 0. The van der Waals surface area contributed by atoms with Crippen molar-refractivity contribution >= 4 is 17.3 Å². The summed E-state index contributed by atoms with van der Waals surface area (Å²) < 4.78 is 10.3. The molecule has 0 spiro atoms. The number of anilines is 2. The van der Waals surface area contributed by atoms with E-state index < -0.39 is 5.97 Å². The zero-order valence-corrected chi connectivity index (χ0v) is 14.2. The van der Waals surface area contributed by atoms with E-state index in [0.717, 1.165) is 28.3 Å². The zero-order chi connectivity index (χ0) is 18.0. The Morgan fingerprint density at radius 2 is 1.84 bits per heavy atom. The van der Waals surface area contributed by atoms with Gasteiger partial charge in [-0.05, 0) is 61.9 Å².